The van der Waals surface area contributed by atoms with Crippen molar-refractivity contribution in [2.75, 3.05) is 0 Å². The zero-order chi connectivity index (χ0) is 14.4. The topological polar surface area (TPSA) is 43.1 Å². The van der Waals surface area contributed by atoms with Crippen molar-refractivity contribution in [2.45, 2.75) is 45.4 Å². The first-order chi connectivity index (χ1) is 9.70. The molecular formula is C18H24ClNO. The quantitative estimate of drug-likeness (QED) is 0.728. The van der Waals surface area contributed by atoms with Gasteiger partial charge < -0.3 is 5.73 Å². The molecule has 0 aromatic heterocycles. The smallest absolute Gasteiger partial charge is 0.248 e. The highest BCUT2D eigenvalue weighted by molar-refractivity contribution is 5.97. The minimum atomic E-state index is -0.369. The highest BCUT2D eigenvalue weighted by atomic mass is 35.5. The third-order valence-electron chi connectivity index (χ3n) is 3.76. The van der Waals surface area contributed by atoms with Gasteiger partial charge in [-0.25, -0.2) is 0 Å². The largest absolute Gasteiger partial charge is 0.366 e. The Morgan fingerprint density at radius 3 is 2.33 bits per heavy atom. The van der Waals surface area contributed by atoms with Crippen molar-refractivity contribution in [1.82, 2.24) is 0 Å². The van der Waals surface area contributed by atoms with Crippen molar-refractivity contribution >= 4 is 29.1 Å². The summed E-state index contributed by atoms with van der Waals surface area (Å²) in [5.74, 6) is -0.369. The van der Waals surface area contributed by atoms with Gasteiger partial charge in [0.15, 0.2) is 0 Å². The normalized spacial score (nSPS) is 10.3. The maximum absolute atomic E-state index is 11.2. The number of primary amides is 1. The van der Waals surface area contributed by atoms with E-state index in [4.69, 9.17) is 5.73 Å². The molecule has 0 atom stereocenters. The molecule has 2 N–H and O–H groups in total. The van der Waals surface area contributed by atoms with Crippen molar-refractivity contribution in [1.29, 1.82) is 0 Å². The maximum Gasteiger partial charge on any atom is 0.248 e. The number of hydrogen-bond donors (Lipinski definition) is 1. The van der Waals surface area contributed by atoms with E-state index in [-0.39, 0.29) is 18.3 Å². The summed E-state index contributed by atoms with van der Waals surface area (Å²) < 4.78 is 0. The molecule has 1 amide bonds. The van der Waals surface area contributed by atoms with Crippen molar-refractivity contribution in [3.8, 4) is 0 Å². The zero-order valence-corrected chi connectivity index (χ0v) is 13.4. The zero-order valence-electron chi connectivity index (χ0n) is 12.6. The monoisotopic (exact) mass is 305 g/mol. The highest BCUT2D eigenvalue weighted by Gasteiger charge is 2.02. The van der Waals surface area contributed by atoms with E-state index in [0.717, 1.165) is 11.8 Å². The van der Waals surface area contributed by atoms with E-state index in [9.17, 15) is 4.79 Å². The van der Waals surface area contributed by atoms with Crippen LogP contribution >= 0.6 is 12.4 Å². The predicted octanol–water partition coefficient (Wildman–Crippen LogP) is 4.87. The summed E-state index contributed by atoms with van der Waals surface area (Å²) in [6, 6.07) is 12.1. The van der Waals surface area contributed by atoms with Crippen LogP contribution in [0.5, 0.6) is 0 Å². The van der Waals surface area contributed by atoms with E-state index in [2.05, 4.69) is 25.1 Å². The number of benzene rings is 2. The van der Waals surface area contributed by atoms with Crippen molar-refractivity contribution in [3.05, 3.63) is 47.5 Å². The fraction of sp³-hybridized carbons (Fsp3) is 0.389. The number of carbonyl (C=O) groups is 1. The number of amides is 1. The molecule has 2 rings (SSSR count). The van der Waals surface area contributed by atoms with Crippen LogP contribution in [0.2, 0.25) is 0 Å². The number of fused-ring (bicyclic) bond motifs is 1. The molecule has 0 aliphatic rings. The van der Waals surface area contributed by atoms with Gasteiger partial charge in [0, 0.05) is 5.56 Å². The highest BCUT2D eigenvalue weighted by Crippen LogP contribution is 2.19. The molecule has 0 fully saturated rings. The van der Waals surface area contributed by atoms with Crippen molar-refractivity contribution in [2.24, 2.45) is 5.73 Å². The molecule has 0 aliphatic carbocycles. The number of rotatable bonds is 7. The molecule has 0 saturated carbocycles. The van der Waals surface area contributed by atoms with Gasteiger partial charge in [0.05, 0.1) is 0 Å². The SMILES string of the molecule is CCCCCCCc1ccc2cc(C(N)=O)ccc2c1.Cl. The lowest BCUT2D eigenvalue weighted by molar-refractivity contribution is 0.100. The van der Waals surface area contributed by atoms with Gasteiger partial charge in [-0.05, 0) is 41.3 Å². The van der Waals surface area contributed by atoms with Crippen LogP contribution in [0.1, 0.15) is 54.9 Å². The van der Waals surface area contributed by atoms with Gasteiger partial charge in [-0.1, -0.05) is 56.9 Å². The summed E-state index contributed by atoms with van der Waals surface area (Å²) >= 11 is 0. The fourth-order valence-corrected chi connectivity index (χ4v) is 2.54. The summed E-state index contributed by atoms with van der Waals surface area (Å²) in [5, 5.41) is 2.26. The Bertz CT molecular complexity index is 595. The van der Waals surface area contributed by atoms with Gasteiger partial charge in [0.1, 0.15) is 0 Å². The lowest BCUT2D eigenvalue weighted by Crippen LogP contribution is -2.10. The number of hydrogen-bond acceptors (Lipinski definition) is 1. The molecule has 2 nitrogen and oxygen atoms in total. The average Bonchev–Trinajstić information content (AvgIpc) is 2.46. The predicted molar refractivity (Wildman–Crippen MR) is 92.2 cm³/mol. The standard InChI is InChI=1S/C18H23NO.ClH/c1-2-3-4-5-6-7-14-8-9-16-13-17(18(19)20)11-10-15(16)12-14;/h8-13H,2-7H2,1H3,(H2,19,20);1H. The molecule has 0 aliphatic heterocycles. The number of nitrogens with two attached hydrogens (primary N) is 1. The van der Waals surface area contributed by atoms with Crippen molar-refractivity contribution < 1.29 is 4.79 Å². The number of halogens is 1. The second kappa shape index (κ2) is 8.68. The second-order valence-electron chi connectivity index (χ2n) is 5.42. The molecule has 2 aromatic rings. The van der Waals surface area contributed by atoms with Gasteiger partial charge in [0.25, 0.3) is 0 Å². The van der Waals surface area contributed by atoms with Gasteiger partial charge in [-0.15, -0.1) is 12.4 Å². The summed E-state index contributed by atoms with van der Waals surface area (Å²) in [6.07, 6.45) is 7.67. The molecule has 0 heterocycles. The molecule has 2 aromatic carbocycles. The van der Waals surface area contributed by atoms with Crippen molar-refractivity contribution in [3.63, 3.8) is 0 Å². The molecule has 21 heavy (non-hydrogen) atoms. The Balaban J connectivity index is 0.00000220. The van der Waals surface area contributed by atoms with Crippen LogP contribution in [-0.4, -0.2) is 5.91 Å². The summed E-state index contributed by atoms with van der Waals surface area (Å²) in [7, 11) is 0. The lowest BCUT2D eigenvalue weighted by Gasteiger charge is -2.05. The second-order valence-corrected chi connectivity index (χ2v) is 5.42. The average molecular weight is 306 g/mol. The van der Waals surface area contributed by atoms with E-state index in [1.54, 1.807) is 6.07 Å². The first kappa shape index (κ1) is 17.5. The Labute approximate surface area is 133 Å². The lowest BCUT2D eigenvalue weighted by atomic mass is 10.0. The maximum atomic E-state index is 11.2. The molecule has 0 saturated heterocycles. The summed E-state index contributed by atoms with van der Waals surface area (Å²) in [5.41, 5.74) is 7.25. The van der Waals surface area contributed by atoms with Gasteiger partial charge in [-0.2, -0.15) is 0 Å². The Hall–Kier alpha value is -1.54. The van der Waals surface area contributed by atoms with Crippen LogP contribution < -0.4 is 5.73 Å². The van der Waals surface area contributed by atoms with Crippen LogP contribution in [0.15, 0.2) is 36.4 Å². The van der Waals surface area contributed by atoms with Crippen LogP contribution in [0, 0.1) is 0 Å². The third kappa shape index (κ3) is 5.05. The van der Waals surface area contributed by atoms with E-state index in [0.29, 0.717) is 5.56 Å². The van der Waals surface area contributed by atoms with E-state index >= 15 is 0 Å². The van der Waals surface area contributed by atoms with Gasteiger partial charge in [0.2, 0.25) is 5.91 Å². The molecule has 114 valence electrons. The van der Waals surface area contributed by atoms with Gasteiger partial charge in [-0.3, -0.25) is 4.79 Å². The minimum Gasteiger partial charge on any atom is -0.366 e. The number of carbonyl (C=O) groups excluding carboxylic acids is 1. The fourth-order valence-electron chi connectivity index (χ4n) is 2.54. The Morgan fingerprint density at radius 1 is 0.952 bits per heavy atom. The summed E-state index contributed by atoms with van der Waals surface area (Å²) in [6.45, 7) is 2.24. The third-order valence-corrected chi connectivity index (χ3v) is 3.76. The molecule has 3 heteroatoms. The molecule has 0 radical (unpaired) electrons. The number of unbranched alkanes of at least 4 members (excludes halogenated alkanes) is 4. The first-order valence-electron chi connectivity index (χ1n) is 7.53. The van der Waals surface area contributed by atoms with Crippen LogP contribution in [0.4, 0.5) is 0 Å². The van der Waals surface area contributed by atoms with E-state index < -0.39 is 0 Å². The van der Waals surface area contributed by atoms with Crippen LogP contribution in [-0.2, 0) is 6.42 Å². The van der Waals surface area contributed by atoms with E-state index in [1.807, 2.05) is 12.1 Å². The number of aryl methyl sites for hydroxylation is 1. The first-order valence-corrected chi connectivity index (χ1v) is 7.53. The minimum absolute atomic E-state index is 0. The summed E-state index contributed by atoms with van der Waals surface area (Å²) in [4.78, 5) is 11.2. The molecule has 0 bridgehead atoms. The molecular weight excluding hydrogens is 282 g/mol. The molecule has 0 spiro atoms. The Kier molecular flexibility index (Phi) is 7.24. The Morgan fingerprint density at radius 2 is 1.62 bits per heavy atom. The van der Waals surface area contributed by atoms with E-state index in [1.165, 1.54) is 43.1 Å². The van der Waals surface area contributed by atoms with Crippen LogP contribution in [0.3, 0.4) is 0 Å². The van der Waals surface area contributed by atoms with Crippen LogP contribution in [0.25, 0.3) is 10.8 Å². The molecule has 0 unspecified atom stereocenters. The van der Waals surface area contributed by atoms with Gasteiger partial charge >= 0.3 is 0 Å².